The Kier molecular flexibility index (Phi) is 7.05. The summed E-state index contributed by atoms with van der Waals surface area (Å²) in [5.74, 6) is 1.10. The summed E-state index contributed by atoms with van der Waals surface area (Å²) in [6.45, 7) is 0. The van der Waals surface area contributed by atoms with Crippen LogP contribution in [0.5, 0.6) is 0 Å². The number of aromatic nitrogens is 8. The number of hydrogen-bond donors (Lipinski definition) is 2. The molecule has 0 aliphatic heterocycles. The van der Waals surface area contributed by atoms with E-state index in [1.54, 1.807) is 18.6 Å². The summed E-state index contributed by atoms with van der Waals surface area (Å²) in [7, 11) is 0. The number of nitrogens with two attached hydrogens (primary N) is 2. The minimum Gasteiger partial charge on any atom is -0.383 e. The van der Waals surface area contributed by atoms with E-state index in [1.165, 1.54) is 28.4 Å². The van der Waals surface area contributed by atoms with Gasteiger partial charge in [0.15, 0.2) is 17.3 Å². The molecule has 5 heterocycles. The molecule has 1 amide bonds. The first kappa shape index (κ1) is 26.6. The second kappa shape index (κ2) is 11.1. The molecule has 0 radical (unpaired) electrons. The van der Waals surface area contributed by atoms with E-state index < -0.39 is 12.3 Å². The number of alkyl halides is 2. The molecule has 0 fully saturated rings. The van der Waals surface area contributed by atoms with Crippen LogP contribution in [0.25, 0.3) is 34.1 Å². The molecule has 5 aromatic heterocycles. The van der Waals surface area contributed by atoms with Crippen LogP contribution in [0.4, 0.5) is 14.6 Å². The summed E-state index contributed by atoms with van der Waals surface area (Å²) >= 11 is 0. The van der Waals surface area contributed by atoms with Crippen molar-refractivity contribution in [3.05, 3.63) is 102 Å². The predicted molar refractivity (Wildman–Crippen MR) is 151 cm³/mol. The van der Waals surface area contributed by atoms with Crippen molar-refractivity contribution in [2.75, 3.05) is 5.73 Å². The number of nitrogens with zero attached hydrogens (tertiary/aromatic N) is 8. The Balaban J connectivity index is 0.000000223. The molecule has 0 bridgehead atoms. The maximum atomic E-state index is 11.9. The smallest absolute Gasteiger partial charge is 0.280 e. The van der Waals surface area contributed by atoms with Crippen LogP contribution in [0.3, 0.4) is 0 Å². The lowest BCUT2D eigenvalue weighted by Crippen LogP contribution is -2.11. The number of primary amides is 1. The van der Waals surface area contributed by atoms with Gasteiger partial charge in [-0.1, -0.05) is 6.07 Å². The van der Waals surface area contributed by atoms with Crippen molar-refractivity contribution in [1.29, 1.82) is 0 Å². The van der Waals surface area contributed by atoms with Crippen LogP contribution in [0.15, 0.2) is 79.4 Å². The first-order chi connectivity index (χ1) is 20.4. The Morgan fingerprint density at radius 2 is 1.71 bits per heavy atom. The summed E-state index contributed by atoms with van der Waals surface area (Å²) in [4.78, 5) is 29.3. The second-order valence-corrected chi connectivity index (χ2v) is 9.48. The Hall–Kier alpha value is -5.59. The maximum Gasteiger partial charge on any atom is 0.280 e. The molecule has 0 spiro atoms. The average Bonchev–Trinajstić information content (AvgIpc) is 3.77. The van der Waals surface area contributed by atoms with E-state index in [-0.39, 0.29) is 11.3 Å². The van der Waals surface area contributed by atoms with Crippen LogP contribution in [-0.2, 0) is 12.8 Å². The number of rotatable bonds is 5. The lowest BCUT2D eigenvalue weighted by atomic mass is 10.1. The maximum absolute atomic E-state index is 11.9. The van der Waals surface area contributed by atoms with Crippen LogP contribution < -0.4 is 11.5 Å². The Morgan fingerprint density at radius 3 is 2.43 bits per heavy atom. The fourth-order valence-corrected chi connectivity index (χ4v) is 4.80. The van der Waals surface area contributed by atoms with Crippen molar-refractivity contribution in [3.8, 4) is 22.9 Å². The number of nitrogen functional groups attached to an aromatic ring is 1. The van der Waals surface area contributed by atoms with E-state index in [9.17, 15) is 13.6 Å². The van der Waals surface area contributed by atoms with Gasteiger partial charge in [-0.2, -0.15) is 10.2 Å². The van der Waals surface area contributed by atoms with E-state index in [1.807, 2.05) is 28.8 Å². The van der Waals surface area contributed by atoms with Crippen molar-refractivity contribution >= 4 is 22.9 Å². The van der Waals surface area contributed by atoms with Crippen LogP contribution >= 0.6 is 0 Å². The van der Waals surface area contributed by atoms with Gasteiger partial charge in [-0.15, -0.1) is 4.80 Å². The molecule has 4 N–H and O–H groups in total. The van der Waals surface area contributed by atoms with Gasteiger partial charge in [-0.05, 0) is 78.9 Å². The van der Waals surface area contributed by atoms with E-state index >= 15 is 0 Å². The van der Waals surface area contributed by atoms with Gasteiger partial charge in [0.05, 0.1) is 23.5 Å². The van der Waals surface area contributed by atoms with Crippen molar-refractivity contribution in [2.24, 2.45) is 5.73 Å². The molecular weight excluding hydrogens is 542 g/mol. The molecule has 0 saturated carbocycles. The Bertz CT molecular complexity index is 1890. The van der Waals surface area contributed by atoms with E-state index in [0.717, 1.165) is 47.5 Å². The molecule has 11 nitrogen and oxygen atoms in total. The zero-order chi connectivity index (χ0) is 29.2. The number of benzene rings is 1. The molecule has 42 heavy (non-hydrogen) atoms. The van der Waals surface area contributed by atoms with Gasteiger partial charge in [0.25, 0.3) is 6.43 Å². The third-order valence-corrected chi connectivity index (χ3v) is 6.83. The number of carbonyl (C=O) groups is 1. The standard InChI is InChI=1S/C22H18N8.C7H6F2N2O/c23-20-17(5-2-10-24-20)21-27-18-8-9-19(30-25-11-12-26-30)28-22(18)29(21)16-7-6-14-3-1-4-15(14)13-16;8-6(9)5-2-1-4(3-11-5)7(10)12/h2,5-13H,1,3-4H2,(H2,23,24);1-3,6H,(H2,10,12). The molecule has 1 aliphatic carbocycles. The lowest BCUT2D eigenvalue weighted by Gasteiger charge is -2.12. The Morgan fingerprint density at radius 1 is 0.905 bits per heavy atom. The van der Waals surface area contributed by atoms with Crippen molar-refractivity contribution in [2.45, 2.75) is 25.7 Å². The highest BCUT2D eigenvalue weighted by Crippen LogP contribution is 2.32. The molecule has 13 heteroatoms. The number of carbonyl (C=O) groups excluding carboxylic acids is 1. The number of fused-ring (bicyclic) bond motifs is 2. The number of amides is 1. The van der Waals surface area contributed by atoms with Crippen LogP contribution in [0, 0.1) is 0 Å². The zero-order valence-corrected chi connectivity index (χ0v) is 22.1. The second-order valence-electron chi connectivity index (χ2n) is 9.48. The zero-order valence-electron chi connectivity index (χ0n) is 22.1. The minimum atomic E-state index is -2.62. The number of halogens is 2. The number of aryl methyl sites for hydroxylation is 2. The summed E-state index contributed by atoms with van der Waals surface area (Å²) in [5.41, 5.74) is 16.9. The fraction of sp³-hybridized carbons (Fsp3) is 0.138. The third-order valence-electron chi connectivity index (χ3n) is 6.83. The van der Waals surface area contributed by atoms with E-state index in [0.29, 0.717) is 17.5 Å². The molecule has 1 aromatic carbocycles. The molecule has 0 atom stereocenters. The largest absolute Gasteiger partial charge is 0.383 e. The first-order valence-electron chi connectivity index (χ1n) is 13.0. The summed E-state index contributed by atoms with van der Waals surface area (Å²) in [6, 6.07) is 16.5. The van der Waals surface area contributed by atoms with Crippen molar-refractivity contribution in [1.82, 2.24) is 39.5 Å². The van der Waals surface area contributed by atoms with Gasteiger partial charge in [0.2, 0.25) is 5.91 Å². The topological polar surface area (TPSA) is 156 Å². The highest BCUT2D eigenvalue weighted by atomic mass is 19.3. The van der Waals surface area contributed by atoms with Gasteiger partial charge in [0, 0.05) is 18.1 Å². The molecular formula is C29H24F2N10O. The molecule has 6 aromatic rings. The van der Waals surface area contributed by atoms with Crippen molar-refractivity contribution in [3.63, 3.8) is 0 Å². The molecule has 0 saturated heterocycles. The van der Waals surface area contributed by atoms with Gasteiger partial charge >= 0.3 is 0 Å². The highest BCUT2D eigenvalue weighted by molar-refractivity contribution is 5.92. The molecule has 0 unspecified atom stereocenters. The minimum absolute atomic E-state index is 0.124. The van der Waals surface area contributed by atoms with Crippen molar-refractivity contribution < 1.29 is 13.6 Å². The first-order valence-corrected chi connectivity index (χ1v) is 13.0. The number of pyridine rings is 3. The van der Waals surface area contributed by atoms with Crippen LogP contribution in [0.1, 0.15) is 40.0 Å². The SMILES string of the molecule is NC(=O)c1ccc(C(F)F)nc1.Nc1ncccc1-c1nc2ccc(-n3nccn3)nc2n1-c1ccc2c(c1)CCC2. The summed E-state index contributed by atoms with van der Waals surface area (Å²) in [6.07, 6.45) is 6.78. The predicted octanol–water partition coefficient (Wildman–Crippen LogP) is 4.25. The Labute approximate surface area is 237 Å². The number of hydrogen-bond acceptors (Lipinski definition) is 8. The van der Waals surface area contributed by atoms with Gasteiger partial charge in [-0.25, -0.2) is 23.7 Å². The quantitative estimate of drug-likeness (QED) is 0.314. The highest BCUT2D eigenvalue weighted by Gasteiger charge is 2.20. The van der Waals surface area contributed by atoms with Gasteiger partial charge < -0.3 is 11.5 Å². The van der Waals surface area contributed by atoms with E-state index in [2.05, 4.69) is 38.4 Å². The van der Waals surface area contributed by atoms with Gasteiger partial charge in [0.1, 0.15) is 17.0 Å². The van der Waals surface area contributed by atoms with E-state index in [4.69, 9.17) is 21.4 Å². The molecule has 210 valence electrons. The number of imidazole rings is 1. The monoisotopic (exact) mass is 566 g/mol. The lowest BCUT2D eigenvalue weighted by molar-refractivity contribution is 0.0999. The summed E-state index contributed by atoms with van der Waals surface area (Å²) < 4.78 is 25.9. The average molecular weight is 567 g/mol. The van der Waals surface area contributed by atoms with Gasteiger partial charge in [-0.3, -0.25) is 14.3 Å². The third kappa shape index (κ3) is 5.14. The normalized spacial score (nSPS) is 12.3. The number of anilines is 1. The fourth-order valence-electron chi connectivity index (χ4n) is 4.80. The van der Waals surface area contributed by atoms with Crippen LogP contribution in [-0.4, -0.2) is 45.4 Å². The summed E-state index contributed by atoms with van der Waals surface area (Å²) in [5, 5.41) is 8.41. The van der Waals surface area contributed by atoms with Crippen LogP contribution in [0.2, 0.25) is 0 Å². The molecule has 1 aliphatic rings. The molecule has 7 rings (SSSR count).